The number of methoxy groups -OCH3 is 2. The number of rotatable bonds is 3. The van der Waals surface area contributed by atoms with Gasteiger partial charge in [-0.05, 0) is 12.1 Å². The van der Waals surface area contributed by atoms with E-state index in [1.807, 2.05) is 0 Å². The van der Waals surface area contributed by atoms with Crippen LogP contribution in [0.1, 0.15) is 10.4 Å². The highest BCUT2D eigenvalue weighted by Crippen LogP contribution is 2.39. The highest BCUT2D eigenvalue weighted by Gasteiger charge is 2.20. The van der Waals surface area contributed by atoms with Gasteiger partial charge in [0.25, 0.3) is 0 Å². The van der Waals surface area contributed by atoms with Crippen LogP contribution < -0.4 is 4.74 Å². The maximum absolute atomic E-state index is 14.3. The van der Waals surface area contributed by atoms with Crippen LogP contribution in [0.5, 0.6) is 5.75 Å². The lowest BCUT2D eigenvalue weighted by molar-refractivity contribution is 0.0600. The molecule has 0 amide bonds. The molecule has 0 saturated heterocycles. The molecule has 0 fully saturated rings. The number of benzene rings is 1. The lowest BCUT2D eigenvalue weighted by Crippen LogP contribution is -2.02. The third kappa shape index (κ3) is 2.94. The Morgan fingerprint density at radius 2 is 2.00 bits per heavy atom. The molecule has 0 unspecified atom stereocenters. The first-order valence-electron chi connectivity index (χ1n) is 5.75. The normalized spacial score (nSPS) is 10.3. The molecular weight excluding hydrogens is 320 g/mol. The second-order valence-electron chi connectivity index (χ2n) is 3.99. The first kappa shape index (κ1) is 15.5. The molecule has 7 heteroatoms. The first-order valence-corrected chi connectivity index (χ1v) is 6.51. The number of carbonyl (C=O) groups excluding carboxylic acids is 1. The van der Waals surface area contributed by atoms with Gasteiger partial charge in [0.15, 0.2) is 5.82 Å². The number of ether oxygens (including phenoxy) is 2. The quantitative estimate of drug-likeness (QED) is 0.631. The summed E-state index contributed by atoms with van der Waals surface area (Å²) >= 11 is 11.6. The third-order valence-electron chi connectivity index (χ3n) is 2.79. The van der Waals surface area contributed by atoms with Gasteiger partial charge < -0.3 is 9.47 Å². The van der Waals surface area contributed by atoms with E-state index < -0.39 is 11.8 Å². The van der Waals surface area contributed by atoms with Gasteiger partial charge in [-0.3, -0.25) is 4.98 Å². The molecule has 0 atom stereocenters. The van der Waals surface area contributed by atoms with Crippen molar-refractivity contribution in [3.8, 4) is 17.0 Å². The minimum Gasteiger partial charge on any atom is -0.496 e. The molecule has 21 heavy (non-hydrogen) atoms. The number of halogens is 3. The molecule has 0 bridgehead atoms. The molecule has 110 valence electrons. The maximum Gasteiger partial charge on any atom is 0.339 e. The number of aromatic nitrogens is 1. The van der Waals surface area contributed by atoms with Gasteiger partial charge in [0, 0.05) is 12.3 Å². The van der Waals surface area contributed by atoms with Crippen LogP contribution in [0, 0.1) is 5.82 Å². The molecule has 2 aromatic rings. The van der Waals surface area contributed by atoms with E-state index in [0.717, 1.165) is 0 Å². The summed E-state index contributed by atoms with van der Waals surface area (Å²) in [6.45, 7) is 0. The lowest BCUT2D eigenvalue weighted by Gasteiger charge is -2.11. The molecule has 0 N–H and O–H groups in total. The van der Waals surface area contributed by atoms with Gasteiger partial charge in [-0.15, -0.1) is 0 Å². The number of hydrogen-bond donors (Lipinski definition) is 0. The zero-order valence-corrected chi connectivity index (χ0v) is 12.6. The SMILES string of the molecule is COC(=O)c1ccc(-c2c(OC)cc(Cl)c(Cl)c2F)nc1. The van der Waals surface area contributed by atoms with Crippen molar-refractivity contribution in [3.05, 3.63) is 45.8 Å². The Morgan fingerprint density at radius 3 is 2.52 bits per heavy atom. The van der Waals surface area contributed by atoms with E-state index >= 15 is 0 Å². The van der Waals surface area contributed by atoms with Gasteiger partial charge in [-0.25, -0.2) is 9.18 Å². The summed E-state index contributed by atoms with van der Waals surface area (Å²) in [5, 5.41) is -0.174. The molecule has 0 radical (unpaired) electrons. The number of nitrogens with zero attached hydrogens (tertiary/aromatic N) is 1. The van der Waals surface area contributed by atoms with Crippen molar-refractivity contribution in [3.63, 3.8) is 0 Å². The van der Waals surface area contributed by atoms with Crippen LogP contribution in [0.2, 0.25) is 10.0 Å². The van der Waals surface area contributed by atoms with Crippen LogP contribution in [0.3, 0.4) is 0 Å². The van der Waals surface area contributed by atoms with Gasteiger partial charge in [-0.2, -0.15) is 0 Å². The molecule has 0 saturated carbocycles. The second-order valence-corrected chi connectivity index (χ2v) is 4.77. The van der Waals surface area contributed by atoms with E-state index in [1.165, 1.54) is 38.6 Å². The summed E-state index contributed by atoms with van der Waals surface area (Å²) in [6, 6.07) is 4.34. The summed E-state index contributed by atoms with van der Waals surface area (Å²) in [7, 11) is 2.64. The van der Waals surface area contributed by atoms with E-state index in [-0.39, 0.29) is 32.6 Å². The zero-order chi connectivity index (χ0) is 15.6. The fourth-order valence-corrected chi connectivity index (χ4v) is 2.08. The van der Waals surface area contributed by atoms with E-state index in [9.17, 15) is 9.18 Å². The minimum absolute atomic E-state index is 0.0425. The topological polar surface area (TPSA) is 48.4 Å². The summed E-state index contributed by atoms with van der Waals surface area (Å²) in [4.78, 5) is 15.4. The van der Waals surface area contributed by atoms with Crippen molar-refractivity contribution in [2.45, 2.75) is 0 Å². The van der Waals surface area contributed by atoms with Crippen molar-refractivity contribution in [1.29, 1.82) is 0 Å². The van der Waals surface area contributed by atoms with E-state index in [1.54, 1.807) is 0 Å². The molecular formula is C14H10Cl2FNO3. The van der Waals surface area contributed by atoms with E-state index in [0.29, 0.717) is 0 Å². The molecule has 0 aliphatic rings. The predicted molar refractivity (Wildman–Crippen MR) is 77.5 cm³/mol. The molecule has 1 aromatic carbocycles. The Hall–Kier alpha value is -1.85. The van der Waals surface area contributed by atoms with Gasteiger partial charge in [0.05, 0.1) is 41.1 Å². The van der Waals surface area contributed by atoms with E-state index in [2.05, 4.69) is 9.72 Å². The average Bonchev–Trinajstić information content (AvgIpc) is 2.51. The third-order valence-corrected chi connectivity index (χ3v) is 3.55. The van der Waals surface area contributed by atoms with Crippen molar-refractivity contribution in [2.24, 2.45) is 0 Å². The largest absolute Gasteiger partial charge is 0.496 e. The number of hydrogen-bond acceptors (Lipinski definition) is 4. The van der Waals surface area contributed by atoms with Crippen LogP contribution >= 0.6 is 23.2 Å². The molecule has 4 nitrogen and oxygen atoms in total. The smallest absolute Gasteiger partial charge is 0.339 e. The molecule has 0 spiro atoms. The van der Waals surface area contributed by atoms with Gasteiger partial charge >= 0.3 is 5.97 Å². The second kappa shape index (κ2) is 6.28. The number of pyridine rings is 1. The molecule has 1 aromatic heterocycles. The number of esters is 1. The Bertz CT molecular complexity index is 690. The molecule has 0 aliphatic heterocycles. The van der Waals surface area contributed by atoms with Crippen LogP contribution in [0.4, 0.5) is 4.39 Å². The van der Waals surface area contributed by atoms with Crippen molar-refractivity contribution >= 4 is 29.2 Å². The van der Waals surface area contributed by atoms with Crippen LogP contribution in [0.15, 0.2) is 24.4 Å². The highest BCUT2D eigenvalue weighted by molar-refractivity contribution is 6.42. The Balaban J connectivity index is 2.56. The summed E-state index contributed by atoms with van der Waals surface area (Å²) in [6.07, 6.45) is 1.28. The maximum atomic E-state index is 14.3. The first-order chi connectivity index (χ1) is 9.99. The molecule has 1 heterocycles. The Kier molecular flexibility index (Phi) is 4.65. The summed E-state index contributed by atoms with van der Waals surface area (Å²) in [5.41, 5.74) is 0.583. The average molecular weight is 330 g/mol. The van der Waals surface area contributed by atoms with Crippen molar-refractivity contribution in [2.75, 3.05) is 14.2 Å². The Morgan fingerprint density at radius 1 is 1.29 bits per heavy atom. The minimum atomic E-state index is -0.737. The fourth-order valence-electron chi connectivity index (χ4n) is 1.75. The van der Waals surface area contributed by atoms with Gasteiger partial charge in [0.1, 0.15) is 5.75 Å². The summed E-state index contributed by atoms with van der Waals surface area (Å²) < 4.78 is 24.0. The molecule has 0 aliphatic carbocycles. The van der Waals surface area contributed by atoms with Crippen LogP contribution in [0.25, 0.3) is 11.3 Å². The predicted octanol–water partition coefficient (Wildman–Crippen LogP) is 3.99. The Labute approximate surface area is 130 Å². The molecule has 2 rings (SSSR count). The highest BCUT2D eigenvalue weighted by atomic mass is 35.5. The van der Waals surface area contributed by atoms with Gasteiger partial charge in [0.2, 0.25) is 0 Å². The van der Waals surface area contributed by atoms with Crippen LogP contribution in [-0.2, 0) is 4.74 Å². The lowest BCUT2D eigenvalue weighted by atomic mass is 10.1. The monoisotopic (exact) mass is 329 g/mol. The zero-order valence-electron chi connectivity index (χ0n) is 11.1. The van der Waals surface area contributed by atoms with Crippen molar-refractivity contribution in [1.82, 2.24) is 4.98 Å². The standard InChI is InChI=1S/C14H10Cl2FNO3/c1-20-10-5-8(15)12(16)13(17)11(10)9-4-3-7(6-18-9)14(19)21-2/h3-6H,1-2H3. The summed E-state index contributed by atoms with van der Waals surface area (Å²) in [5.74, 6) is -1.07. The van der Waals surface area contributed by atoms with Gasteiger partial charge in [-0.1, -0.05) is 23.2 Å². The number of carbonyl (C=O) groups is 1. The van der Waals surface area contributed by atoms with Crippen molar-refractivity contribution < 1.29 is 18.7 Å². The fraction of sp³-hybridized carbons (Fsp3) is 0.143. The van der Waals surface area contributed by atoms with E-state index in [4.69, 9.17) is 27.9 Å². The van der Waals surface area contributed by atoms with Crippen LogP contribution in [-0.4, -0.2) is 25.2 Å².